The summed E-state index contributed by atoms with van der Waals surface area (Å²) in [6.07, 6.45) is 2.33. The van der Waals surface area contributed by atoms with Crippen LogP contribution in [0.5, 0.6) is 0 Å². The molecule has 1 fully saturated rings. The van der Waals surface area contributed by atoms with Crippen molar-refractivity contribution < 1.29 is 10.0 Å². The lowest BCUT2D eigenvalue weighted by molar-refractivity contribution is -0.143. The van der Waals surface area contributed by atoms with Crippen LogP contribution < -0.4 is 5.73 Å². The minimum Gasteiger partial charge on any atom is -0.409 e. The van der Waals surface area contributed by atoms with Gasteiger partial charge in [0.15, 0.2) is 5.84 Å². The van der Waals surface area contributed by atoms with E-state index in [-0.39, 0.29) is 17.8 Å². The Kier molecular flexibility index (Phi) is 3.78. The summed E-state index contributed by atoms with van der Waals surface area (Å²) < 4.78 is 0. The summed E-state index contributed by atoms with van der Waals surface area (Å²) in [6, 6.07) is 0.140. The summed E-state index contributed by atoms with van der Waals surface area (Å²) in [7, 11) is 0. The molecule has 0 aromatic carbocycles. The molecule has 0 aromatic heterocycles. The Morgan fingerprint density at radius 3 is 2.38 bits per heavy atom. The molecule has 0 saturated heterocycles. The average molecular weight is 227 g/mol. The van der Waals surface area contributed by atoms with Crippen molar-refractivity contribution in [2.45, 2.75) is 46.1 Å². The minimum atomic E-state index is -0.741. The molecule has 1 aliphatic rings. The molecule has 16 heavy (non-hydrogen) atoms. The van der Waals surface area contributed by atoms with E-state index in [1.165, 1.54) is 0 Å². The highest BCUT2D eigenvalue weighted by Gasteiger charge is 2.50. The predicted molar refractivity (Wildman–Crippen MR) is 62.2 cm³/mol. The number of hydrogen-bond donors (Lipinski definition) is 2. The number of oxime groups is 1. The maximum Gasteiger partial charge on any atom is 0.236 e. The number of hydrogen-bond acceptors (Lipinski definition) is 3. The van der Waals surface area contributed by atoms with Crippen molar-refractivity contribution in [2.75, 3.05) is 6.54 Å². The van der Waals surface area contributed by atoms with Gasteiger partial charge in [0, 0.05) is 12.6 Å². The van der Waals surface area contributed by atoms with Crippen LogP contribution in [-0.4, -0.2) is 34.4 Å². The second-order valence-corrected chi connectivity index (χ2v) is 4.61. The molecular weight excluding hydrogens is 206 g/mol. The van der Waals surface area contributed by atoms with Gasteiger partial charge in [-0.25, -0.2) is 0 Å². The summed E-state index contributed by atoms with van der Waals surface area (Å²) >= 11 is 0. The molecular formula is C11H21N3O2. The molecule has 0 heterocycles. The molecule has 1 amide bonds. The zero-order valence-corrected chi connectivity index (χ0v) is 10.2. The third-order valence-electron chi connectivity index (χ3n) is 3.44. The van der Waals surface area contributed by atoms with E-state index in [0.717, 1.165) is 6.42 Å². The zero-order chi connectivity index (χ0) is 12.3. The average Bonchev–Trinajstić information content (AvgIpc) is 2.16. The number of rotatable bonds is 4. The van der Waals surface area contributed by atoms with E-state index in [0.29, 0.717) is 19.4 Å². The Morgan fingerprint density at radius 1 is 1.56 bits per heavy atom. The van der Waals surface area contributed by atoms with E-state index in [4.69, 9.17) is 10.9 Å². The molecule has 0 atom stereocenters. The first-order chi connectivity index (χ1) is 7.49. The highest BCUT2D eigenvalue weighted by atomic mass is 16.4. The summed E-state index contributed by atoms with van der Waals surface area (Å²) in [4.78, 5) is 14.1. The van der Waals surface area contributed by atoms with Crippen molar-refractivity contribution in [3.05, 3.63) is 0 Å². The summed E-state index contributed by atoms with van der Waals surface area (Å²) in [5, 5.41) is 11.8. The lowest BCUT2D eigenvalue weighted by Crippen LogP contribution is -2.56. The number of amidine groups is 1. The third kappa shape index (κ3) is 1.86. The topological polar surface area (TPSA) is 78.9 Å². The van der Waals surface area contributed by atoms with E-state index in [2.05, 4.69) is 5.16 Å². The van der Waals surface area contributed by atoms with E-state index in [1.54, 1.807) is 4.90 Å². The molecule has 0 aliphatic heterocycles. The van der Waals surface area contributed by atoms with E-state index < -0.39 is 5.41 Å². The normalized spacial score (nSPS) is 19.4. The van der Waals surface area contributed by atoms with E-state index >= 15 is 0 Å². The van der Waals surface area contributed by atoms with Crippen LogP contribution in [0.25, 0.3) is 0 Å². The number of amides is 1. The maximum absolute atomic E-state index is 12.4. The zero-order valence-electron chi connectivity index (χ0n) is 10.2. The standard InChI is InChI=1S/C11H21N3O2/c1-4-14(8(2)3)10(15)11(6-5-7-11)9(12)13-16/h8,16H,4-7H2,1-3H3,(H2,12,13). The summed E-state index contributed by atoms with van der Waals surface area (Å²) in [5.41, 5.74) is 4.92. The molecule has 1 rings (SSSR count). The van der Waals surface area contributed by atoms with Crippen molar-refractivity contribution in [3.8, 4) is 0 Å². The number of carbonyl (C=O) groups excluding carboxylic acids is 1. The maximum atomic E-state index is 12.4. The van der Waals surface area contributed by atoms with Gasteiger partial charge in [-0.3, -0.25) is 4.79 Å². The van der Waals surface area contributed by atoms with Gasteiger partial charge in [0.2, 0.25) is 5.91 Å². The molecule has 5 nitrogen and oxygen atoms in total. The van der Waals surface area contributed by atoms with E-state index in [1.807, 2.05) is 20.8 Å². The molecule has 0 unspecified atom stereocenters. The molecule has 1 saturated carbocycles. The number of nitrogens with zero attached hydrogens (tertiary/aromatic N) is 2. The lowest BCUT2D eigenvalue weighted by Gasteiger charge is -2.43. The Morgan fingerprint density at radius 2 is 2.12 bits per heavy atom. The fourth-order valence-electron chi connectivity index (χ4n) is 2.22. The monoisotopic (exact) mass is 227 g/mol. The molecule has 1 aliphatic carbocycles. The largest absolute Gasteiger partial charge is 0.409 e. The first-order valence-electron chi connectivity index (χ1n) is 5.78. The van der Waals surface area contributed by atoms with Crippen LogP contribution in [0.3, 0.4) is 0 Å². The second-order valence-electron chi connectivity index (χ2n) is 4.61. The van der Waals surface area contributed by atoms with Gasteiger partial charge >= 0.3 is 0 Å². The first kappa shape index (κ1) is 12.8. The summed E-state index contributed by atoms with van der Waals surface area (Å²) in [5.74, 6) is 0.0504. The van der Waals surface area contributed by atoms with Gasteiger partial charge in [-0.1, -0.05) is 11.6 Å². The van der Waals surface area contributed by atoms with Crippen LogP contribution in [0.4, 0.5) is 0 Å². The van der Waals surface area contributed by atoms with Gasteiger partial charge in [0.1, 0.15) is 5.41 Å². The van der Waals surface area contributed by atoms with Crippen LogP contribution in [0, 0.1) is 5.41 Å². The fraction of sp³-hybridized carbons (Fsp3) is 0.818. The van der Waals surface area contributed by atoms with Crippen LogP contribution in [0.2, 0.25) is 0 Å². The Labute approximate surface area is 96.3 Å². The lowest BCUT2D eigenvalue weighted by atomic mass is 9.66. The van der Waals surface area contributed by atoms with Gasteiger partial charge in [-0.15, -0.1) is 0 Å². The molecule has 0 bridgehead atoms. The molecule has 0 spiro atoms. The Bertz CT molecular complexity index is 296. The van der Waals surface area contributed by atoms with Crippen LogP contribution in [0.15, 0.2) is 5.16 Å². The highest BCUT2D eigenvalue weighted by Crippen LogP contribution is 2.43. The molecule has 3 N–H and O–H groups in total. The smallest absolute Gasteiger partial charge is 0.236 e. The number of carbonyl (C=O) groups is 1. The van der Waals surface area contributed by atoms with Crippen LogP contribution in [-0.2, 0) is 4.79 Å². The van der Waals surface area contributed by atoms with Crippen LogP contribution in [0.1, 0.15) is 40.0 Å². The van der Waals surface area contributed by atoms with Crippen molar-refractivity contribution >= 4 is 11.7 Å². The summed E-state index contributed by atoms with van der Waals surface area (Å²) in [6.45, 7) is 6.54. The molecule has 0 radical (unpaired) electrons. The third-order valence-corrected chi connectivity index (χ3v) is 3.44. The Balaban J connectivity index is 2.93. The van der Waals surface area contributed by atoms with Gasteiger partial charge in [0.25, 0.3) is 0 Å². The van der Waals surface area contributed by atoms with Crippen molar-refractivity contribution in [1.82, 2.24) is 4.90 Å². The van der Waals surface area contributed by atoms with Crippen LogP contribution >= 0.6 is 0 Å². The molecule has 0 aromatic rings. The van der Waals surface area contributed by atoms with Gasteiger partial charge < -0.3 is 15.8 Å². The minimum absolute atomic E-state index is 0.00782. The van der Waals surface area contributed by atoms with Gasteiger partial charge in [-0.05, 0) is 33.6 Å². The second kappa shape index (κ2) is 4.72. The quantitative estimate of drug-likeness (QED) is 0.327. The fourth-order valence-corrected chi connectivity index (χ4v) is 2.22. The van der Waals surface area contributed by atoms with Crippen molar-refractivity contribution in [1.29, 1.82) is 0 Å². The van der Waals surface area contributed by atoms with Gasteiger partial charge in [-0.2, -0.15) is 0 Å². The highest BCUT2D eigenvalue weighted by molar-refractivity contribution is 6.07. The first-order valence-corrected chi connectivity index (χ1v) is 5.78. The van der Waals surface area contributed by atoms with E-state index in [9.17, 15) is 4.79 Å². The SMILES string of the molecule is CCN(C(=O)C1(C(N)=NO)CCC1)C(C)C. The number of nitrogens with two attached hydrogens (primary N) is 1. The molecule has 92 valence electrons. The van der Waals surface area contributed by atoms with Gasteiger partial charge in [0.05, 0.1) is 0 Å². The van der Waals surface area contributed by atoms with Crippen molar-refractivity contribution in [2.24, 2.45) is 16.3 Å². The predicted octanol–water partition coefficient (Wildman–Crippen LogP) is 1.16. The van der Waals surface area contributed by atoms with Crippen molar-refractivity contribution in [3.63, 3.8) is 0 Å². The molecule has 5 heteroatoms. The Hall–Kier alpha value is -1.26.